The number of aliphatic carboxylic acids is 1. The molecular formula is C11H12ClFO2. The van der Waals surface area contributed by atoms with E-state index in [4.69, 9.17) is 16.7 Å². The van der Waals surface area contributed by atoms with E-state index in [1.807, 2.05) is 0 Å². The number of carboxylic acids is 1. The third kappa shape index (κ3) is 3.20. The van der Waals surface area contributed by atoms with E-state index in [-0.39, 0.29) is 5.02 Å². The number of carbonyl (C=O) groups is 1. The smallest absolute Gasteiger partial charge is 0.306 e. The fraction of sp³-hybridized carbons (Fsp3) is 0.364. The van der Waals surface area contributed by atoms with Gasteiger partial charge in [-0.2, -0.15) is 0 Å². The van der Waals surface area contributed by atoms with Gasteiger partial charge < -0.3 is 5.11 Å². The summed E-state index contributed by atoms with van der Waals surface area (Å²) in [7, 11) is 0. The standard InChI is InChI=1S/C11H12ClFO2/c1-7(11(14)15)5-6-8-3-2-4-9(13)10(8)12/h2-4,7H,5-6H2,1H3,(H,14,15). The Morgan fingerprint density at radius 3 is 2.87 bits per heavy atom. The molecule has 0 aliphatic rings. The molecule has 1 atom stereocenters. The molecule has 0 bridgehead atoms. The molecule has 2 nitrogen and oxygen atoms in total. The first-order valence-electron chi connectivity index (χ1n) is 4.68. The summed E-state index contributed by atoms with van der Waals surface area (Å²) >= 11 is 5.73. The number of carboxylic acid groups (broad SMARTS) is 1. The molecule has 0 amide bonds. The highest BCUT2D eigenvalue weighted by molar-refractivity contribution is 6.31. The van der Waals surface area contributed by atoms with E-state index in [1.165, 1.54) is 6.07 Å². The molecule has 15 heavy (non-hydrogen) atoms. The summed E-state index contributed by atoms with van der Waals surface area (Å²) in [5.41, 5.74) is 0.657. The fourth-order valence-electron chi connectivity index (χ4n) is 1.24. The zero-order valence-corrected chi connectivity index (χ0v) is 9.09. The molecule has 1 rings (SSSR count). The monoisotopic (exact) mass is 230 g/mol. The SMILES string of the molecule is CC(CCc1cccc(F)c1Cl)C(=O)O. The van der Waals surface area contributed by atoms with E-state index >= 15 is 0 Å². The average Bonchev–Trinajstić information content (AvgIpc) is 2.19. The normalized spacial score (nSPS) is 12.5. The summed E-state index contributed by atoms with van der Waals surface area (Å²) in [6, 6.07) is 4.56. The van der Waals surface area contributed by atoms with Crippen molar-refractivity contribution < 1.29 is 14.3 Å². The first-order chi connectivity index (χ1) is 7.02. The molecule has 1 N–H and O–H groups in total. The predicted octanol–water partition coefficient (Wildman–Crippen LogP) is 3.13. The zero-order chi connectivity index (χ0) is 11.4. The van der Waals surface area contributed by atoms with Crippen LogP contribution >= 0.6 is 11.6 Å². The van der Waals surface area contributed by atoms with Crippen LogP contribution in [0.5, 0.6) is 0 Å². The zero-order valence-electron chi connectivity index (χ0n) is 8.34. The van der Waals surface area contributed by atoms with Crippen molar-refractivity contribution in [2.75, 3.05) is 0 Å². The van der Waals surface area contributed by atoms with Crippen LogP contribution in [0.15, 0.2) is 18.2 Å². The van der Waals surface area contributed by atoms with E-state index in [9.17, 15) is 9.18 Å². The Hall–Kier alpha value is -1.09. The Balaban J connectivity index is 2.66. The van der Waals surface area contributed by atoms with E-state index in [1.54, 1.807) is 19.1 Å². The van der Waals surface area contributed by atoms with Gasteiger partial charge in [-0.1, -0.05) is 30.7 Å². The van der Waals surface area contributed by atoms with Crippen molar-refractivity contribution in [3.8, 4) is 0 Å². The molecule has 0 spiro atoms. The Kier molecular flexibility index (Phi) is 4.09. The van der Waals surface area contributed by atoms with Gasteiger partial charge in [-0.15, -0.1) is 0 Å². The van der Waals surface area contributed by atoms with Gasteiger partial charge in [0.25, 0.3) is 0 Å². The topological polar surface area (TPSA) is 37.3 Å². The Morgan fingerprint density at radius 2 is 2.27 bits per heavy atom. The summed E-state index contributed by atoms with van der Waals surface area (Å²) < 4.78 is 13.0. The van der Waals surface area contributed by atoms with Crippen LogP contribution in [0.2, 0.25) is 5.02 Å². The molecule has 82 valence electrons. The summed E-state index contributed by atoms with van der Waals surface area (Å²) in [4.78, 5) is 10.6. The molecule has 0 saturated heterocycles. The number of halogens is 2. The number of benzene rings is 1. The molecule has 0 heterocycles. The van der Waals surface area contributed by atoms with E-state index in [0.717, 1.165) is 0 Å². The molecule has 4 heteroatoms. The third-order valence-corrected chi connectivity index (χ3v) is 2.72. The van der Waals surface area contributed by atoms with Gasteiger partial charge in [-0.3, -0.25) is 4.79 Å². The van der Waals surface area contributed by atoms with Gasteiger partial charge in [0.05, 0.1) is 10.9 Å². The van der Waals surface area contributed by atoms with Crippen LogP contribution in [0.3, 0.4) is 0 Å². The number of rotatable bonds is 4. The lowest BCUT2D eigenvalue weighted by Gasteiger charge is -2.07. The molecule has 1 aromatic carbocycles. The molecule has 0 radical (unpaired) electrons. The summed E-state index contributed by atoms with van der Waals surface area (Å²) in [6.45, 7) is 1.62. The summed E-state index contributed by atoms with van der Waals surface area (Å²) in [6.07, 6.45) is 0.933. The lowest BCUT2D eigenvalue weighted by Crippen LogP contribution is -2.10. The van der Waals surface area contributed by atoms with E-state index < -0.39 is 17.7 Å². The minimum atomic E-state index is -0.845. The van der Waals surface area contributed by atoms with Crippen molar-refractivity contribution in [2.24, 2.45) is 5.92 Å². The van der Waals surface area contributed by atoms with Crippen LogP contribution in [0, 0.1) is 11.7 Å². The predicted molar refractivity (Wildman–Crippen MR) is 56.5 cm³/mol. The van der Waals surface area contributed by atoms with Crippen LogP contribution < -0.4 is 0 Å². The second-order valence-electron chi connectivity index (χ2n) is 3.49. The maximum Gasteiger partial charge on any atom is 0.306 e. The highest BCUT2D eigenvalue weighted by Gasteiger charge is 2.12. The summed E-state index contributed by atoms with van der Waals surface area (Å²) in [5.74, 6) is -1.75. The highest BCUT2D eigenvalue weighted by atomic mass is 35.5. The van der Waals surface area contributed by atoms with Gasteiger partial charge in [0, 0.05) is 0 Å². The van der Waals surface area contributed by atoms with Gasteiger partial charge >= 0.3 is 5.97 Å². The van der Waals surface area contributed by atoms with E-state index in [2.05, 4.69) is 0 Å². The molecular weight excluding hydrogens is 219 g/mol. The van der Waals surface area contributed by atoms with Gasteiger partial charge in [-0.25, -0.2) is 4.39 Å². The molecule has 0 aliphatic carbocycles. The van der Waals surface area contributed by atoms with Crippen molar-refractivity contribution >= 4 is 17.6 Å². The van der Waals surface area contributed by atoms with Crippen LogP contribution in [-0.2, 0) is 11.2 Å². The molecule has 1 aromatic rings. The maximum atomic E-state index is 13.0. The van der Waals surface area contributed by atoms with Crippen molar-refractivity contribution in [1.29, 1.82) is 0 Å². The van der Waals surface area contributed by atoms with Crippen LogP contribution in [-0.4, -0.2) is 11.1 Å². The van der Waals surface area contributed by atoms with Gasteiger partial charge in [0.15, 0.2) is 0 Å². The van der Waals surface area contributed by atoms with Crippen LogP contribution in [0.4, 0.5) is 4.39 Å². The average molecular weight is 231 g/mol. The van der Waals surface area contributed by atoms with Gasteiger partial charge in [-0.05, 0) is 24.5 Å². The summed E-state index contributed by atoms with van der Waals surface area (Å²) in [5, 5.41) is 8.77. The minimum Gasteiger partial charge on any atom is -0.481 e. The van der Waals surface area contributed by atoms with Crippen LogP contribution in [0.1, 0.15) is 18.9 Å². The Labute approximate surface area is 92.7 Å². The first kappa shape index (κ1) is 12.0. The first-order valence-corrected chi connectivity index (χ1v) is 5.06. The van der Waals surface area contributed by atoms with E-state index in [0.29, 0.717) is 18.4 Å². The van der Waals surface area contributed by atoms with Gasteiger partial charge in [0.2, 0.25) is 0 Å². The lowest BCUT2D eigenvalue weighted by molar-refractivity contribution is -0.141. The van der Waals surface area contributed by atoms with Gasteiger partial charge in [0.1, 0.15) is 5.82 Å². The Bertz CT molecular complexity index is 366. The molecule has 0 saturated carbocycles. The van der Waals surface area contributed by atoms with Crippen molar-refractivity contribution in [2.45, 2.75) is 19.8 Å². The van der Waals surface area contributed by atoms with Crippen molar-refractivity contribution in [3.05, 3.63) is 34.6 Å². The fourth-order valence-corrected chi connectivity index (χ4v) is 1.46. The Morgan fingerprint density at radius 1 is 1.60 bits per heavy atom. The van der Waals surface area contributed by atoms with Crippen molar-refractivity contribution in [1.82, 2.24) is 0 Å². The number of hydrogen-bond acceptors (Lipinski definition) is 1. The second kappa shape index (κ2) is 5.12. The molecule has 0 aromatic heterocycles. The number of hydrogen-bond donors (Lipinski definition) is 1. The second-order valence-corrected chi connectivity index (χ2v) is 3.87. The molecule has 1 unspecified atom stereocenters. The number of aryl methyl sites for hydroxylation is 1. The third-order valence-electron chi connectivity index (χ3n) is 2.30. The molecule has 0 fully saturated rings. The molecule has 0 aliphatic heterocycles. The quantitative estimate of drug-likeness (QED) is 0.863. The lowest BCUT2D eigenvalue weighted by atomic mass is 10.0. The highest BCUT2D eigenvalue weighted by Crippen LogP contribution is 2.22. The van der Waals surface area contributed by atoms with Crippen molar-refractivity contribution in [3.63, 3.8) is 0 Å². The van der Waals surface area contributed by atoms with Crippen LogP contribution in [0.25, 0.3) is 0 Å². The maximum absolute atomic E-state index is 13.0. The largest absolute Gasteiger partial charge is 0.481 e. The minimum absolute atomic E-state index is 0.0927.